The van der Waals surface area contributed by atoms with E-state index in [1.54, 1.807) is 0 Å². The number of halogens is 6. The highest BCUT2D eigenvalue weighted by molar-refractivity contribution is 5.84. The Kier molecular flexibility index (Phi) is 4.08. The molecule has 2 aromatic heterocycles. The zero-order valence-electron chi connectivity index (χ0n) is 13.4. The van der Waals surface area contributed by atoms with Crippen molar-refractivity contribution in [2.45, 2.75) is 19.3 Å². The minimum atomic E-state index is -4.98. The number of nitrogens with two attached hydrogens (primary N) is 2. The molecule has 0 aliphatic heterocycles. The topological polar surface area (TPSA) is 104 Å². The molecule has 3 rings (SSSR count). The highest BCUT2D eigenvalue weighted by atomic mass is 19.4. The molecule has 6 nitrogen and oxygen atoms in total. The van der Waals surface area contributed by atoms with E-state index in [2.05, 4.69) is 19.9 Å². The van der Waals surface area contributed by atoms with Gasteiger partial charge in [0, 0.05) is 5.56 Å². The zero-order chi connectivity index (χ0) is 20.1. The molecule has 0 fully saturated rings. The Morgan fingerprint density at radius 1 is 0.778 bits per heavy atom. The first kappa shape index (κ1) is 18.6. The summed E-state index contributed by atoms with van der Waals surface area (Å²) in [5.74, 6) is -0.394. The number of hydrogen-bond donors (Lipinski definition) is 2. The van der Waals surface area contributed by atoms with Gasteiger partial charge in [-0.25, -0.2) is 9.97 Å². The van der Waals surface area contributed by atoms with Crippen LogP contribution in [0.15, 0.2) is 18.2 Å². The Balaban J connectivity index is 2.31. The monoisotopic (exact) mass is 388 g/mol. The number of benzene rings is 1. The van der Waals surface area contributed by atoms with Crippen molar-refractivity contribution in [2.24, 2.45) is 0 Å². The maximum atomic E-state index is 13.1. The van der Waals surface area contributed by atoms with E-state index in [9.17, 15) is 26.3 Å². The zero-order valence-corrected chi connectivity index (χ0v) is 13.4. The van der Waals surface area contributed by atoms with Gasteiger partial charge in [-0.3, -0.25) is 0 Å². The Morgan fingerprint density at radius 3 is 1.85 bits per heavy atom. The number of aryl methyl sites for hydroxylation is 1. The lowest BCUT2D eigenvalue weighted by molar-refractivity contribution is -0.143. The lowest BCUT2D eigenvalue weighted by atomic mass is 10.0. The molecule has 0 saturated carbocycles. The van der Waals surface area contributed by atoms with Crippen molar-refractivity contribution in [3.8, 4) is 11.3 Å². The van der Waals surface area contributed by atoms with Crippen LogP contribution < -0.4 is 11.5 Å². The van der Waals surface area contributed by atoms with Crippen LogP contribution in [0.25, 0.3) is 22.4 Å². The second kappa shape index (κ2) is 5.93. The Hall–Kier alpha value is -3.18. The third kappa shape index (κ3) is 3.55. The molecule has 0 spiro atoms. The first-order valence-corrected chi connectivity index (χ1v) is 7.23. The number of nitrogen functional groups attached to an aromatic ring is 2. The van der Waals surface area contributed by atoms with Crippen molar-refractivity contribution in [1.29, 1.82) is 0 Å². The van der Waals surface area contributed by atoms with E-state index >= 15 is 0 Å². The molecule has 0 atom stereocenters. The van der Waals surface area contributed by atoms with Gasteiger partial charge < -0.3 is 11.5 Å². The SMILES string of the molecule is Cc1nc2nc(N)nc(N)c2nc1-c1cc(C(F)(F)F)cc(C(F)(F)F)c1. The summed E-state index contributed by atoms with van der Waals surface area (Å²) in [6.45, 7) is 1.36. The number of hydrogen-bond acceptors (Lipinski definition) is 6. The molecule has 0 unspecified atom stereocenters. The maximum Gasteiger partial charge on any atom is 0.416 e. The highest BCUT2D eigenvalue weighted by Gasteiger charge is 2.37. The largest absolute Gasteiger partial charge is 0.416 e. The van der Waals surface area contributed by atoms with Gasteiger partial charge in [-0.1, -0.05) is 0 Å². The molecule has 0 saturated heterocycles. The normalized spacial score (nSPS) is 12.6. The predicted molar refractivity (Wildman–Crippen MR) is 84.1 cm³/mol. The number of anilines is 2. The maximum absolute atomic E-state index is 13.1. The van der Waals surface area contributed by atoms with Gasteiger partial charge >= 0.3 is 12.4 Å². The van der Waals surface area contributed by atoms with Crippen LogP contribution in [-0.4, -0.2) is 19.9 Å². The fourth-order valence-corrected chi connectivity index (χ4v) is 2.43. The van der Waals surface area contributed by atoms with E-state index in [4.69, 9.17) is 11.5 Å². The van der Waals surface area contributed by atoms with Crippen LogP contribution in [0.4, 0.5) is 38.1 Å². The van der Waals surface area contributed by atoms with E-state index in [0.29, 0.717) is 12.1 Å². The van der Waals surface area contributed by atoms with Gasteiger partial charge in [0.25, 0.3) is 0 Å². The summed E-state index contributed by atoms with van der Waals surface area (Å²) in [4.78, 5) is 15.5. The van der Waals surface area contributed by atoms with Gasteiger partial charge in [-0.15, -0.1) is 0 Å². The molecule has 4 N–H and O–H groups in total. The van der Waals surface area contributed by atoms with E-state index in [1.807, 2.05) is 0 Å². The van der Waals surface area contributed by atoms with Crippen molar-refractivity contribution in [3.63, 3.8) is 0 Å². The lowest BCUT2D eigenvalue weighted by Gasteiger charge is -2.15. The summed E-state index contributed by atoms with van der Waals surface area (Å²) < 4.78 is 78.3. The standard InChI is InChI=1S/C15H10F6N6/c1-5-9(25-10-11(22)26-13(23)27-12(10)24-5)6-2-7(14(16,17)18)4-8(3-6)15(19,20)21/h2-4H,1H3,(H4,22,23,24,26,27). The van der Waals surface area contributed by atoms with Crippen LogP contribution in [0.3, 0.4) is 0 Å². The third-order valence-electron chi connectivity index (χ3n) is 3.61. The molecule has 27 heavy (non-hydrogen) atoms. The van der Waals surface area contributed by atoms with Crippen molar-refractivity contribution < 1.29 is 26.3 Å². The molecule has 12 heteroatoms. The summed E-state index contributed by atoms with van der Waals surface area (Å²) in [7, 11) is 0. The molecule has 0 aliphatic rings. The minimum Gasteiger partial charge on any atom is -0.382 e. The summed E-state index contributed by atoms with van der Waals surface area (Å²) in [6, 6.07) is 1.16. The second-order valence-electron chi connectivity index (χ2n) is 5.59. The fourth-order valence-electron chi connectivity index (χ4n) is 2.43. The summed E-state index contributed by atoms with van der Waals surface area (Å²) in [5.41, 5.74) is 7.48. The van der Waals surface area contributed by atoms with Crippen molar-refractivity contribution >= 4 is 22.9 Å². The van der Waals surface area contributed by atoms with Gasteiger partial charge in [0.2, 0.25) is 5.95 Å². The van der Waals surface area contributed by atoms with E-state index in [1.165, 1.54) is 6.92 Å². The van der Waals surface area contributed by atoms with Gasteiger partial charge in [0.15, 0.2) is 17.0 Å². The van der Waals surface area contributed by atoms with Crippen LogP contribution in [-0.2, 0) is 12.4 Å². The van der Waals surface area contributed by atoms with E-state index < -0.39 is 29.0 Å². The molecule has 0 aliphatic carbocycles. The summed E-state index contributed by atoms with van der Waals surface area (Å²) >= 11 is 0. The third-order valence-corrected chi connectivity index (χ3v) is 3.61. The fraction of sp³-hybridized carbons (Fsp3) is 0.200. The van der Waals surface area contributed by atoms with Gasteiger partial charge in [-0.2, -0.15) is 36.3 Å². The van der Waals surface area contributed by atoms with Crippen LogP contribution in [0.1, 0.15) is 16.8 Å². The Labute approximate surface area is 147 Å². The minimum absolute atomic E-state index is 0.0238. The number of nitrogens with zero attached hydrogens (tertiary/aromatic N) is 4. The van der Waals surface area contributed by atoms with Crippen LogP contribution in [0, 0.1) is 6.92 Å². The smallest absolute Gasteiger partial charge is 0.382 e. The van der Waals surface area contributed by atoms with Crippen molar-refractivity contribution in [1.82, 2.24) is 19.9 Å². The van der Waals surface area contributed by atoms with Crippen molar-refractivity contribution in [3.05, 3.63) is 35.0 Å². The molecule has 2 heterocycles. The molecular weight excluding hydrogens is 378 g/mol. The first-order chi connectivity index (χ1) is 12.4. The molecule has 1 aromatic carbocycles. The van der Waals surface area contributed by atoms with Gasteiger partial charge in [0.1, 0.15) is 0 Å². The quantitative estimate of drug-likeness (QED) is 0.618. The predicted octanol–water partition coefficient (Wildman–Crippen LogP) is 3.60. The number of aromatic nitrogens is 4. The lowest BCUT2D eigenvalue weighted by Crippen LogP contribution is -2.11. The highest BCUT2D eigenvalue weighted by Crippen LogP contribution is 2.39. The van der Waals surface area contributed by atoms with Crippen molar-refractivity contribution in [2.75, 3.05) is 11.5 Å². The molecular formula is C15H10F6N6. The number of rotatable bonds is 1. The summed E-state index contributed by atoms with van der Waals surface area (Å²) in [6.07, 6.45) is -9.96. The molecule has 142 valence electrons. The average Bonchev–Trinajstić information content (AvgIpc) is 2.52. The Morgan fingerprint density at radius 2 is 1.33 bits per heavy atom. The summed E-state index contributed by atoms with van der Waals surface area (Å²) in [5, 5.41) is 0. The molecule has 0 radical (unpaired) electrons. The average molecular weight is 388 g/mol. The van der Waals surface area contributed by atoms with Gasteiger partial charge in [-0.05, 0) is 25.1 Å². The van der Waals surface area contributed by atoms with E-state index in [0.717, 1.165) is 0 Å². The molecule has 0 amide bonds. The molecule has 3 aromatic rings. The van der Waals surface area contributed by atoms with Crippen LogP contribution in [0.2, 0.25) is 0 Å². The second-order valence-corrected chi connectivity index (χ2v) is 5.59. The first-order valence-electron chi connectivity index (χ1n) is 7.23. The molecule has 0 bridgehead atoms. The van der Waals surface area contributed by atoms with E-state index in [-0.39, 0.29) is 40.4 Å². The van der Waals surface area contributed by atoms with Crippen LogP contribution >= 0.6 is 0 Å². The number of fused-ring (bicyclic) bond motifs is 1. The Bertz CT molecular complexity index is 1010. The van der Waals surface area contributed by atoms with Gasteiger partial charge in [0.05, 0.1) is 22.5 Å². The van der Waals surface area contributed by atoms with Crippen LogP contribution in [0.5, 0.6) is 0 Å². The number of alkyl halides is 6.